The molecule has 0 saturated carbocycles. The molecule has 0 aliphatic carbocycles. The third-order valence-electron chi connectivity index (χ3n) is 1.59. The maximum Gasteiger partial charge on any atom is 0.134 e. The first-order valence-electron chi connectivity index (χ1n) is 3.83. The molecule has 3 N–H and O–H groups in total. The molecule has 3 heteroatoms. The minimum absolute atomic E-state index is 0.172. The van der Waals surface area contributed by atoms with Gasteiger partial charge in [0.2, 0.25) is 0 Å². The Morgan fingerprint density at radius 3 is 2.85 bits per heavy atom. The molecule has 0 unspecified atom stereocenters. The van der Waals surface area contributed by atoms with Gasteiger partial charge in [-0.05, 0) is 24.6 Å². The lowest BCUT2D eigenvalue weighted by Crippen LogP contribution is -1.93. The summed E-state index contributed by atoms with van der Waals surface area (Å²) in [6, 6.07) is 3.30. The van der Waals surface area contributed by atoms with Crippen LogP contribution in [0.3, 0.4) is 0 Å². The van der Waals surface area contributed by atoms with Crippen LogP contribution in [0.15, 0.2) is 12.1 Å². The largest absolute Gasteiger partial charge is 0.506 e. The summed E-state index contributed by atoms with van der Waals surface area (Å²) < 4.78 is 0. The zero-order valence-corrected chi connectivity index (χ0v) is 8.02. The number of aromatic hydroxyl groups is 1. The molecule has 13 heavy (non-hydrogen) atoms. The molecule has 0 bridgehead atoms. The van der Waals surface area contributed by atoms with Crippen molar-refractivity contribution in [3.63, 3.8) is 0 Å². The van der Waals surface area contributed by atoms with E-state index in [1.54, 1.807) is 19.1 Å². The molecule has 0 amide bonds. The van der Waals surface area contributed by atoms with Crippen molar-refractivity contribution < 1.29 is 5.11 Å². The second kappa shape index (κ2) is 4.18. The van der Waals surface area contributed by atoms with Gasteiger partial charge in [0.1, 0.15) is 5.75 Å². The Hall–Kier alpha value is -1.17. The van der Waals surface area contributed by atoms with E-state index in [1.807, 2.05) is 0 Å². The minimum atomic E-state index is 0.172. The summed E-state index contributed by atoms with van der Waals surface area (Å²) >= 11 is 5.79. The van der Waals surface area contributed by atoms with E-state index >= 15 is 0 Å². The lowest BCUT2D eigenvalue weighted by molar-refractivity contribution is 0.469. The second-order valence-corrected chi connectivity index (χ2v) is 3.06. The molecule has 1 aromatic carbocycles. The number of aryl methyl sites for hydroxylation is 1. The molecule has 0 spiro atoms. The fourth-order valence-electron chi connectivity index (χ4n) is 0.977. The SMILES string of the molecule is Cc1cc(Cl)cc(C#CCN)c1O. The van der Waals surface area contributed by atoms with Crippen molar-refractivity contribution in [2.45, 2.75) is 6.92 Å². The third-order valence-corrected chi connectivity index (χ3v) is 1.81. The standard InChI is InChI=1S/C10H10ClNO/c1-7-5-9(11)6-8(10(7)13)3-2-4-12/h5-6,13H,4,12H2,1H3. The van der Waals surface area contributed by atoms with Crippen LogP contribution in [0.1, 0.15) is 11.1 Å². The Labute approximate surface area is 82.3 Å². The van der Waals surface area contributed by atoms with Gasteiger partial charge in [-0.1, -0.05) is 23.4 Å². The van der Waals surface area contributed by atoms with Crippen LogP contribution in [0.2, 0.25) is 5.02 Å². The quantitative estimate of drug-likeness (QED) is 0.619. The summed E-state index contributed by atoms with van der Waals surface area (Å²) in [7, 11) is 0. The number of hydrogen-bond donors (Lipinski definition) is 2. The monoisotopic (exact) mass is 195 g/mol. The van der Waals surface area contributed by atoms with Gasteiger partial charge < -0.3 is 10.8 Å². The first kappa shape index (κ1) is 9.91. The lowest BCUT2D eigenvalue weighted by atomic mass is 10.1. The van der Waals surface area contributed by atoms with Gasteiger partial charge in [0.25, 0.3) is 0 Å². The number of nitrogens with two attached hydrogens (primary N) is 1. The van der Waals surface area contributed by atoms with Crippen molar-refractivity contribution in [1.29, 1.82) is 0 Å². The normalized spacial score (nSPS) is 9.15. The maximum atomic E-state index is 9.55. The Kier molecular flexibility index (Phi) is 3.18. The van der Waals surface area contributed by atoms with E-state index in [0.29, 0.717) is 16.1 Å². The molecule has 0 heterocycles. The van der Waals surface area contributed by atoms with Crippen LogP contribution in [0.25, 0.3) is 0 Å². The zero-order chi connectivity index (χ0) is 9.84. The van der Waals surface area contributed by atoms with Crippen molar-refractivity contribution in [3.8, 4) is 17.6 Å². The summed E-state index contributed by atoms with van der Waals surface area (Å²) in [4.78, 5) is 0. The smallest absolute Gasteiger partial charge is 0.134 e. The third kappa shape index (κ3) is 2.38. The van der Waals surface area contributed by atoms with Gasteiger partial charge in [0, 0.05) is 5.02 Å². The summed E-state index contributed by atoms with van der Waals surface area (Å²) in [6.07, 6.45) is 0. The minimum Gasteiger partial charge on any atom is -0.506 e. The summed E-state index contributed by atoms with van der Waals surface area (Å²) in [5.74, 6) is 5.58. The molecule has 1 rings (SSSR count). The predicted molar refractivity (Wildman–Crippen MR) is 53.8 cm³/mol. The van der Waals surface area contributed by atoms with Gasteiger partial charge >= 0.3 is 0 Å². The Balaban J connectivity index is 3.20. The van der Waals surface area contributed by atoms with E-state index in [0.717, 1.165) is 0 Å². The van der Waals surface area contributed by atoms with E-state index in [2.05, 4.69) is 11.8 Å². The zero-order valence-electron chi connectivity index (χ0n) is 7.26. The first-order valence-corrected chi connectivity index (χ1v) is 4.21. The number of hydrogen-bond acceptors (Lipinski definition) is 2. The van der Waals surface area contributed by atoms with Crippen LogP contribution in [0.4, 0.5) is 0 Å². The van der Waals surface area contributed by atoms with Gasteiger partial charge in [0.15, 0.2) is 0 Å². The van der Waals surface area contributed by atoms with Crippen molar-refractivity contribution in [2.24, 2.45) is 5.73 Å². The highest BCUT2D eigenvalue weighted by Gasteiger charge is 2.03. The first-order chi connectivity index (χ1) is 6.15. The van der Waals surface area contributed by atoms with Gasteiger partial charge in [-0.15, -0.1) is 0 Å². The molecule has 0 saturated heterocycles. The maximum absolute atomic E-state index is 9.55. The lowest BCUT2D eigenvalue weighted by Gasteiger charge is -2.01. The second-order valence-electron chi connectivity index (χ2n) is 2.62. The molecule has 2 nitrogen and oxygen atoms in total. The molecule has 0 radical (unpaired) electrons. The molecule has 0 aliphatic heterocycles. The summed E-state index contributed by atoms with van der Waals surface area (Å²) in [5.41, 5.74) is 6.45. The molecule has 1 aromatic rings. The Morgan fingerprint density at radius 2 is 2.23 bits per heavy atom. The Bertz CT molecular complexity index is 376. The molecule has 68 valence electrons. The molecular weight excluding hydrogens is 186 g/mol. The van der Waals surface area contributed by atoms with Crippen LogP contribution < -0.4 is 5.73 Å². The van der Waals surface area contributed by atoms with Crippen molar-refractivity contribution >= 4 is 11.6 Å². The number of rotatable bonds is 0. The molecule has 0 aromatic heterocycles. The van der Waals surface area contributed by atoms with E-state index in [4.69, 9.17) is 17.3 Å². The number of halogens is 1. The fraction of sp³-hybridized carbons (Fsp3) is 0.200. The number of phenols is 1. The van der Waals surface area contributed by atoms with Gasteiger partial charge in [0.05, 0.1) is 12.1 Å². The van der Waals surface area contributed by atoms with Crippen LogP contribution in [0.5, 0.6) is 5.75 Å². The highest BCUT2D eigenvalue weighted by Crippen LogP contribution is 2.25. The summed E-state index contributed by atoms with van der Waals surface area (Å²) in [6.45, 7) is 2.04. The van der Waals surface area contributed by atoms with Crippen molar-refractivity contribution in [2.75, 3.05) is 6.54 Å². The topological polar surface area (TPSA) is 46.2 Å². The molecule has 0 aliphatic rings. The average Bonchev–Trinajstić information content (AvgIpc) is 2.09. The molecular formula is C10H10ClNO. The number of benzene rings is 1. The highest BCUT2D eigenvalue weighted by molar-refractivity contribution is 6.30. The van der Waals surface area contributed by atoms with Gasteiger partial charge in [-0.25, -0.2) is 0 Å². The van der Waals surface area contributed by atoms with E-state index < -0.39 is 0 Å². The Morgan fingerprint density at radius 1 is 1.54 bits per heavy atom. The van der Waals surface area contributed by atoms with E-state index in [1.165, 1.54) is 0 Å². The van der Waals surface area contributed by atoms with Crippen LogP contribution in [-0.2, 0) is 0 Å². The molecule has 0 atom stereocenters. The van der Waals surface area contributed by atoms with Crippen LogP contribution in [-0.4, -0.2) is 11.7 Å². The van der Waals surface area contributed by atoms with E-state index in [9.17, 15) is 5.11 Å². The number of phenolic OH excluding ortho intramolecular Hbond substituents is 1. The van der Waals surface area contributed by atoms with Crippen LogP contribution in [0, 0.1) is 18.8 Å². The van der Waals surface area contributed by atoms with Crippen LogP contribution >= 0.6 is 11.6 Å². The van der Waals surface area contributed by atoms with Gasteiger partial charge in [-0.2, -0.15) is 0 Å². The summed E-state index contributed by atoms with van der Waals surface area (Å²) in [5, 5.41) is 10.1. The average molecular weight is 196 g/mol. The van der Waals surface area contributed by atoms with Gasteiger partial charge in [-0.3, -0.25) is 0 Å². The van der Waals surface area contributed by atoms with E-state index in [-0.39, 0.29) is 12.3 Å². The predicted octanol–water partition coefficient (Wildman–Crippen LogP) is 1.66. The van der Waals surface area contributed by atoms with Crippen molar-refractivity contribution in [3.05, 3.63) is 28.3 Å². The van der Waals surface area contributed by atoms with Crippen molar-refractivity contribution in [1.82, 2.24) is 0 Å². The fourth-order valence-corrected chi connectivity index (χ4v) is 1.25. The molecule has 0 fully saturated rings. The highest BCUT2D eigenvalue weighted by atomic mass is 35.5.